The molecular weight excluding hydrogens is 406 g/mol. The Morgan fingerprint density at radius 1 is 1.23 bits per heavy atom. The van der Waals surface area contributed by atoms with Gasteiger partial charge in [-0.3, -0.25) is 15.2 Å². The number of rotatable bonds is 5. The van der Waals surface area contributed by atoms with Crippen LogP contribution < -0.4 is 20.9 Å². The minimum atomic E-state index is -0.218. The molecule has 2 aromatic rings. The summed E-state index contributed by atoms with van der Waals surface area (Å²) in [6.07, 6.45) is 0.448. The van der Waals surface area contributed by atoms with Crippen LogP contribution in [-0.4, -0.2) is 50.0 Å². The summed E-state index contributed by atoms with van der Waals surface area (Å²) >= 11 is 6.46. The van der Waals surface area contributed by atoms with Crippen LogP contribution in [0.1, 0.15) is 18.0 Å². The molecule has 8 nitrogen and oxygen atoms in total. The third-order valence-corrected chi connectivity index (χ3v) is 5.47. The molecule has 1 fully saturated rings. The Balaban J connectivity index is 1.62. The number of hydrazine groups is 1. The normalized spacial score (nSPS) is 19.5. The highest BCUT2D eigenvalue weighted by molar-refractivity contribution is 6.40. The Hall–Kier alpha value is -2.81. The first-order chi connectivity index (χ1) is 14.5. The summed E-state index contributed by atoms with van der Waals surface area (Å²) < 4.78 is 10.6. The summed E-state index contributed by atoms with van der Waals surface area (Å²) in [5.41, 5.74) is 11.5. The van der Waals surface area contributed by atoms with Crippen LogP contribution in [0.15, 0.2) is 47.6 Å². The van der Waals surface area contributed by atoms with Gasteiger partial charge in [-0.15, -0.1) is 0 Å². The fraction of sp³-hybridized carbons (Fsp3) is 0.333. The maximum Gasteiger partial charge on any atom is 0.281 e. The van der Waals surface area contributed by atoms with Gasteiger partial charge in [0.25, 0.3) is 5.91 Å². The molecule has 2 aliphatic heterocycles. The molecule has 2 aliphatic rings. The number of hydrazone groups is 1. The van der Waals surface area contributed by atoms with Gasteiger partial charge < -0.3 is 15.2 Å². The van der Waals surface area contributed by atoms with E-state index >= 15 is 0 Å². The fourth-order valence-corrected chi connectivity index (χ4v) is 3.82. The zero-order chi connectivity index (χ0) is 21.1. The van der Waals surface area contributed by atoms with E-state index in [1.54, 1.807) is 24.3 Å². The van der Waals surface area contributed by atoms with E-state index in [4.69, 9.17) is 26.8 Å². The summed E-state index contributed by atoms with van der Waals surface area (Å²) in [5, 5.41) is 8.76. The minimum absolute atomic E-state index is 0.178. The van der Waals surface area contributed by atoms with E-state index in [0.717, 1.165) is 11.3 Å². The van der Waals surface area contributed by atoms with Crippen molar-refractivity contribution in [3.63, 3.8) is 0 Å². The molecule has 158 valence electrons. The van der Waals surface area contributed by atoms with Crippen LogP contribution >= 0.6 is 11.6 Å². The van der Waals surface area contributed by atoms with E-state index in [0.29, 0.717) is 54.8 Å². The van der Waals surface area contributed by atoms with Crippen molar-refractivity contribution in [1.29, 1.82) is 0 Å². The lowest BCUT2D eigenvalue weighted by atomic mass is 10.0. The number of hydrogen-bond donors (Lipinski definition) is 2. The van der Waals surface area contributed by atoms with E-state index in [1.165, 1.54) is 0 Å². The van der Waals surface area contributed by atoms with E-state index in [-0.39, 0.29) is 11.9 Å². The molecule has 1 unspecified atom stereocenters. The monoisotopic (exact) mass is 429 g/mol. The number of methoxy groups -OCH3 is 1. The first-order valence-corrected chi connectivity index (χ1v) is 10.1. The van der Waals surface area contributed by atoms with Crippen LogP contribution in [0.25, 0.3) is 0 Å². The number of amides is 1. The molecule has 9 heteroatoms. The number of nitrogens with one attached hydrogen (secondary N) is 1. The molecule has 0 aromatic heterocycles. The van der Waals surface area contributed by atoms with Crippen LogP contribution in [0.5, 0.6) is 5.75 Å². The molecule has 2 aromatic carbocycles. The smallest absolute Gasteiger partial charge is 0.281 e. The van der Waals surface area contributed by atoms with Gasteiger partial charge in [-0.1, -0.05) is 23.7 Å². The third kappa shape index (κ3) is 4.35. The van der Waals surface area contributed by atoms with Crippen molar-refractivity contribution in [1.82, 2.24) is 10.4 Å². The predicted octanol–water partition coefficient (Wildman–Crippen LogP) is 2.60. The van der Waals surface area contributed by atoms with Gasteiger partial charge in [0.05, 0.1) is 37.1 Å². The highest BCUT2D eigenvalue weighted by Crippen LogP contribution is 2.39. The Labute approximate surface area is 180 Å². The Kier molecular flexibility index (Phi) is 6.08. The van der Waals surface area contributed by atoms with Crippen LogP contribution in [0.4, 0.5) is 11.4 Å². The van der Waals surface area contributed by atoms with Crippen molar-refractivity contribution in [2.75, 3.05) is 44.2 Å². The quantitative estimate of drug-likeness (QED) is 0.710. The van der Waals surface area contributed by atoms with E-state index in [9.17, 15) is 4.79 Å². The average Bonchev–Trinajstić information content (AvgIpc) is 3.20. The molecule has 3 N–H and O–H groups in total. The number of hydrogen-bond acceptors (Lipinski definition) is 7. The minimum Gasteiger partial charge on any atom is -0.497 e. The van der Waals surface area contributed by atoms with Crippen molar-refractivity contribution >= 4 is 34.6 Å². The Morgan fingerprint density at radius 3 is 2.63 bits per heavy atom. The van der Waals surface area contributed by atoms with E-state index in [2.05, 4.69) is 10.5 Å². The predicted molar refractivity (Wildman–Crippen MR) is 117 cm³/mol. The molecule has 1 saturated heterocycles. The van der Waals surface area contributed by atoms with Gasteiger partial charge in [0.2, 0.25) is 0 Å². The highest BCUT2D eigenvalue weighted by atomic mass is 35.5. The van der Waals surface area contributed by atoms with Gasteiger partial charge in [-0.05, 0) is 35.9 Å². The van der Waals surface area contributed by atoms with Crippen molar-refractivity contribution in [2.45, 2.75) is 12.5 Å². The number of carbonyl (C=O) groups is 1. The molecule has 2 heterocycles. The molecule has 0 radical (unpaired) electrons. The molecular formula is C21H24ClN5O3. The lowest BCUT2D eigenvalue weighted by Crippen LogP contribution is -2.50. The van der Waals surface area contributed by atoms with Crippen LogP contribution in [0, 0.1) is 0 Å². The third-order valence-electron chi connectivity index (χ3n) is 5.16. The van der Waals surface area contributed by atoms with Crippen LogP contribution in [0.2, 0.25) is 5.02 Å². The second-order valence-corrected chi connectivity index (χ2v) is 7.54. The highest BCUT2D eigenvalue weighted by Gasteiger charge is 2.34. The maximum atomic E-state index is 12.9. The number of ether oxygens (including phenoxy) is 2. The summed E-state index contributed by atoms with van der Waals surface area (Å²) in [4.78, 5) is 12.9. The SMILES string of the molecule is COc1ccc(C2CC(C(=O)NN3CCOCC3)=NN2c2ccc(N)cc2Cl)cc1. The Bertz CT molecular complexity index is 944. The lowest BCUT2D eigenvalue weighted by Gasteiger charge is -2.26. The Morgan fingerprint density at radius 2 is 1.97 bits per heavy atom. The standard InChI is InChI=1S/C21H24ClN5O3/c1-29-16-5-2-14(3-6-16)20-13-18(21(28)25-26-8-10-30-11-9-26)24-27(20)19-7-4-15(23)12-17(19)22/h2-7,12,20H,8-11,13,23H2,1H3,(H,25,28). The molecule has 30 heavy (non-hydrogen) atoms. The molecule has 1 amide bonds. The molecule has 0 saturated carbocycles. The van der Waals surface area contributed by atoms with Crippen LogP contribution in [0.3, 0.4) is 0 Å². The number of carbonyl (C=O) groups excluding carboxylic acids is 1. The number of halogens is 1. The molecule has 0 aliphatic carbocycles. The number of nitrogen functional groups attached to an aromatic ring is 1. The number of anilines is 2. The summed E-state index contributed by atoms with van der Waals surface area (Å²) in [6, 6.07) is 12.8. The van der Waals surface area contributed by atoms with Gasteiger partial charge in [0, 0.05) is 25.2 Å². The number of nitrogens with two attached hydrogens (primary N) is 1. The van der Waals surface area contributed by atoms with E-state index in [1.807, 2.05) is 35.3 Å². The van der Waals surface area contributed by atoms with Gasteiger partial charge in [-0.25, -0.2) is 5.01 Å². The van der Waals surface area contributed by atoms with E-state index < -0.39 is 0 Å². The summed E-state index contributed by atoms with van der Waals surface area (Å²) in [6.45, 7) is 2.48. The average molecular weight is 430 g/mol. The largest absolute Gasteiger partial charge is 0.497 e. The van der Waals surface area contributed by atoms with Crippen molar-refractivity contribution in [3.8, 4) is 5.75 Å². The van der Waals surface area contributed by atoms with Gasteiger partial charge in [0.1, 0.15) is 11.5 Å². The second kappa shape index (κ2) is 8.91. The lowest BCUT2D eigenvalue weighted by molar-refractivity contribution is -0.121. The summed E-state index contributed by atoms with van der Waals surface area (Å²) in [5.74, 6) is 0.546. The second-order valence-electron chi connectivity index (χ2n) is 7.14. The van der Waals surface area contributed by atoms with Crippen LogP contribution in [-0.2, 0) is 9.53 Å². The maximum absolute atomic E-state index is 12.9. The summed E-state index contributed by atoms with van der Waals surface area (Å²) in [7, 11) is 1.63. The molecule has 0 spiro atoms. The van der Waals surface area contributed by atoms with Crippen molar-refractivity contribution in [2.24, 2.45) is 5.10 Å². The zero-order valence-electron chi connectivity index (χ0n) is 16.7. The topological polar surface area (TPSA) is 92.4 Å². The fourth-order valence-electron chi connectivity index (χ4n) is 3.55. The number of morpholine rings is 1. The first-order valence-electron chi connectivity index (χ1n) is 9.74. The van der Waals surface area contributed by atoms with Gasteiger partial charge in [0.15, 0.2) is 0 Å². The van der Waals surface area contributed by atoms with Gasteiger partial charge in [-0.2, -0.15) is 5.10 Å². The molecule has 1 atom stereocenters. The zero-order valence-corrected chi connectivity index (χ0v) is 17.4. The molecule has 4 rings (SSSR count). The molecule has 0 bridgehead atoms. The van der Waals surface area contributed by atoms with Gasteiger partial charge >= 0.3 is 0 Å². The number of benzene rings is 2. The number of nitrogens with zero attached hydrogens (tertiary/aromatic N) is 3. The van der Waals surface area contributed by atoms with Crippen molar-refractivity contribution in [3.05, 3.63) is 53.1 Å². The first kappa shape index (κ1) is 20.5. The van der Waals surface area contributed by atoms with Crippen molar-refractivity contribution < 1.29 is 14.3 Å².